The number of hydrogen-bond donors (Lipinski definition) is 0. The molecule has 0 unspecified atom stereocenters. The number of ether oxygens (including phenoxy) is 1. The fourth-order valence-electron chi connectivity index (χ4n) is 0.931. The van der Waals surface area contributed by atoms with E-state index >= 15 is 0 Å². The minimum Gasteiger partial charge on any atom is -0.466 e. The molecule has 0 saturated carbocycles. The second-order valence-electron chi connectivity index (χ2n) is 2.62. The van der Waals surface area contributed by atoms with Crippen molar-refractivity contribution in [3.05, 3.63) is 12.2 Å². The van der Waals surface area contributed by atoms with Crippen LogP contribution in [0.4, 0.5) is 0 Å². The molecule has 0 aromatic rings. The highest BCUT2D eigenvalue weighted by molar-refractivity contribution is 5.69. The Morgan fingerprint density at radius 3 is 2.75 bits per heavy atom. The van der Waals surface area contributed by atoms with Crippen LogP contribution in [0.15, 0.2) is 12.2 Å². The Labute approximate surface area is 74.6 Å². The van der Waals surface area contributed by atoms with E-state index in [-0.39, 0.29) is 5.97 Å². The van der Waals surface area contributed by atoms with Crippen molar-refractivity contribution in [2.24, 2.45) is 0 Å². The van der Waals surface area contributed by atoms with E-state index in [1.54, 1.807) is 0 Å². The topological polar surface area (TPSA) is 26.3 Å². The van der Waals surface area contributed by atoms with Gasteiger partial charge in [0.1, 0.15) is 0 Å². The summed E-state index contributed by atoms with van der Waals surface area (Å²) in [4.78, 5) is 10.8. The lowest BCUT2D eigenvalue weighted by molar-refractivity contribution is -0.143. The number of carbonyl (C=O) groups is 1. The molecule has 0 aliphatic heterocycles. The van der Waals surface area contributed by atoms with Crippen LogP contribution in [-0.4, -0.2) is 12.6 Å². The van der Waals surface area contributed by atoms with Crippen molar-refractivity contribution in [1.82, 2.24) is 0 Å². The zero-order valence-corrected chi connectivity index (χ0v) is 8.01. The van der Waals surface area contributed by atoms with Gasteiger partial charge in [0.25, 0.3) is 0 Å². The molecule has 0 radical (unpaired) electrons. The highest BCUT2D eigenvalue weighted by Gasteiger charge is 1.98. The van der Waals surface area contributed by atoms with Crippen molar-refractivity contribution < 1.29 is 9.53 Å². The third kappa shape index (κ3) is 7.32. The molecule has 70 valence electrons. The maximum absolute atomic E-state index is 10.8. The average molecular weight is 170 g/mol. The van der Waals surface area contributed by atoms with Crippen LogP contribution in [0, 0.1) is 0 Å². The third-order valence-corrected chi connectivity index (χ3v) is 1.54. The van der Waals surface area contributed by atoms with Crippen LogP contribution in [-0.2, 0) is 9.53 Å². The van der Waals surface area contributed by atoms with Gasteiger partial charge in [-0.3, -0.25) is 4.79 Å². The maximum Gasteiger partial charge on any atom is 0.305 e. The van der Waals surface area contributed by atoms with Crippen LogP contribution < -0.4 is 0 Å². The number of allylic oxidation sites excluding steroid dienone is 2. The number of esters is 1. The van der Waals surface area contributed by atoms with E-state index in [0.29, 0.717) is 13.0 Å². The van der Waals surface area contributed by atoms with E-state index in [4.69, 9.17) is 4.74 Å². The Hall–Kier alpha value is -0.790. The zero-order chi connectivity index (χ0) is 9.23. The van der Waals surface area contributed by atoms with Gasteiger partial charge in [0, 0.05) is 6.42 Å². The number of unbranched alkanes of at least 4 members (excludes halogenated alkanes) is 2. The van der Waals surface area contributed by atoms with Gasteiger partial charge in [0.15, 0.2) is 0 Å². The molecule has 0 amide bonds. The fourth-order valence-corrected chi connectivity index (χ4v) is 0.931. The van der Waals surface area contributed by atoms with Crippen LogP contribution in [0.3, 0.4) is 0 Å². The van der Waals surface area contributed by atoms with E-state index in [0.717, 1.165) is 19.3 Å². The van der Waals surface area contributed by atoms with Gasteiger partial charge >= 0.3 is 5.97 Å². The molecule has 0 fully saturated rings. The average Bonchev–Trinajstić information content (AvgIpc) is 2.05. The zero-order valence-electron chi connectivity index (χ0n) is 8.01. The summed E-state index contributed by atoms with van der Waals surface area (Å²) in [5.41, 5.74) is 0. The number of carbonyl (C=O) groups excluding carboxylic acids is 1. The summed E-state index contributed by atoms with van der Waals surface area (Å²) in [6.45, 7) is 4.33. The van der Waals surface area contributed by atoms with Crippen LogP contribution >= 0.6 is 0 Å². The predicted octanol–water partition coefficient (Wildman–Crippen LogP) is 2.69. The molecule has 0 heterocycles. The monoisotopic (exact) mass is 170 g/mol. The van der Waals surface area contributed by atoms with Gasteiger partial charge in [-0.25, -0.2) is 0 Å². The second-order valence-corrected chi connectivity index (χ2v) is 2.62. The molecule has 12 heavy (non-hydrogen) atoms. The normalized spacial score (nSPS) is 10.5. The van der Waals surface area contributed by atoms with E-state index in [2.05, 4.69) is 6.08 Å². The first-order chi connectivity index (χ1) is 5.81. The molecule has 0 spiro atoms. The Morgan fingerprint density at radius 2 is 2.17 bits per heavy atom. The molecule has 0 atom stereocenters. The Kier molecular flexibility index (Phi) is 7.76. The van der Waals surface area contributed by atoms with Gasteiger partial charge < -0.3 is 4.74 Å². The first kappa shape index (κ1) is 11.2. The molecular formula is C10H18O2. The first-order valence-electron chi connectivity index (χ1n) is 4.58. The molecule has 0 bridgehead atoms. The molecule has 2 heteroatoms. The summed E-state index contributed by atoms with van der Waals surface area (Å²) in [5, 5.41) is 0. The van der Waals surface area contributed by atoms with Gasteiger partial charge in [-0.1, -0.05) is 12.2 Å². The summed E-state index contributed by atoms with van der Waals surface area (Å²) in [6, 6.07) is 0. The molecule has 0 aromatic heterocycles. The SMILES string of the molecule is C/C=C\CCCCC(=O)OCC. The molecule has 0 aliphatic carbocycles. The first-order valence-corrected chi connectivity index (χ1v) is 4.58. The highest BCUT2D eigenvalue weighted by Crippen LogP contribution is 2.01. The largest absolute Gasteiger partial charge is 0.466 e. The smallest absolute Gasteiger partial charge is 0.305 e. The van der Waals surface area contributed by atoms with E-state index in [1.165, 1.54) is 0 Å². The molecule has 0 N–H and O–H groups in total. The van der Waals surface area contributed by atoms with Crippen molar-refractivity contribution in [2.45, 2.75) is 39.5 Å². The minimum absolute atomic E-state index is 0.0713. The maximum atomic E-state index is 10.8. The Balaban J connectivity index is 3.13. The molecule has 0 aliphatic rings. The van der Waals surface area contributed by atoms with Crippen LogP contribution in [0.5, 0.6) is 0 Å². The standard InChI is InChI=1S/C10H18O2/c1-3-5-6-7-8-9-10(11)12-4-2/h3,5H,4,6-9H2,1-2H3/b5-3-. The van der Waals surface area contributed by atoms with Crippen molar-refractivity contribution in [3.63, 3.8) is 0 Å². The van der Waals surface area contributed by atoms with Gasteiger partial charge in [0.05, 0.1) is 6.61 Å². The van der Waals surface area contributed by atoms with E-state index < -0.39 is 0 Å². The summed E-state index contributed by atoms with van der Waals surface area (Å²) < 4.78 is 4.79. The third-order valence-electron chi connectivity index (χ3n) is 1.54. The van der Waals surface area contributed by atoms with Crippen molar-refractivity contribution in [2.75, 3.05) is 6.61 Å². The van der Waals surface area contributed by atoms with Crippen LogP contribution in [0.2, 0.25) is 0 Å². The van der Waals surface area contributed by atoms with E-state index in [9.17, 15) is 4.79 Å². The summed E-state index contributed by atoms with van der Waals surface area (Å²) in [6.07, 6.45) is 7.78. The number of rotatable bonds is 6. The van der Waals surface area contributed by atoms with Gasteiger partial charge in [-0.05, 0) is 33.1 Å². The van der Waals surface area contributed by atoms with Crippen LogP contribution in [0.25, 0.3) is 0 Å². The summed E-state index contributed by atoms with van der Waals surface area (Å²) in [7, 11) is 0. The minimum atomic E-state index is -0.0713. The quantitative estimate of drug-likeness (QED) is 0.348. The Morgan fingerprint density at radius 1 is 1.42 bits per heavy atom. The predicted molar refractivity (Wildman–Crippen MR) is 49.9 cm³/mol. The number of hydrogen-bond acceptors (Lipinski definition) is 2. The molecule has 0 rings (SSSR count). The molecular weight excluding hydrogens is 152 g/mol. The molecule has 2 nitrogen and oxygen atoms in total. The van der Waals surface area contributed by atoms with Gasteiger partial charge in [-0.2, -0.15) is 0 Å². The van der Waals surface area contributed by atoms with Crippen molar-refractivity contribution >= 4 is 5.97 Å². The lowest BCUT2D eigenvalue weighted by atomic mass is 10.2. The van der Waals surface area contributed by atoms with Crippen molar-refractivity contribution in [1.29, 1.82) is 0 Å². The molecule has 0 saturated heterocycles. The highest BCUT2D eigenvalue weighted by atomic mass is 16.5. The molecule has 0 aromatic carbocycles. The van der Waals surface area contributed by atoms with Gasteiger partial charge in [-0.15, -0.1) is 0 Å². The fraction of sp³-hybridized carbons (Fsp3) is 0.700. The lowest BCUT2D eigenvalue weighted by Crippen LogP contribution is -2.02. The Bertz CT molecular complexity index is 139. The summed E-state index contributed by atoms with van der Waals surface area (Å²) >= 11 is 0. The summed E-state index contributed by atoms with van der Waals surface area (Å²) in [5.74, 6) is -0.0713. The lowest BCUT2D eigenvalue weighted by Gasteiger charge is -1.99. The second kappa shape index (κ2) is 8.31. The van der Waals surface area contributed by atoms with Gasteiger partial charge in [0.2, 0.25) is 0 Å². The van der Waals surface area contributed by atoms with Crippen molar-refractivity contribution in [3.8, 4) is 0 Å². The van der Waals surface area contributed by atoms with E-state index in [1.807, 2.05) is 19.9 Å². The van der Waals surface area contributed by atoms with Crippen LogP contribution in [0.1, 0.15) is 39.5 Å².